The number of thiazole rings is 1. The van der Waals surface area contributed by atoms with Gasteiger partial charge in [0.05, 0.1) is 15.3 Å². The molecule has 1 radical (unpaired) electrons. The number of allylic oxidation sites excluding steroid dienone is 2. The number of hydrogen-bond acceptors (Lipinski definition) is 6. The molecule has 4 nitrogen and oxygen atoms in total. The van der Waals surface area contributed by atoms with E-state index in [1.807, 2.05) is 12.3 Å². The number of fused-ring (bicyclic) bond motifs is 2. The van der Waals surface area contributed by atoms with Crippen molar-refractivity contribution in [3.8, 4) is 21.0 Å². The van der Waals surface area contributed by atoms with Crippen LogP contribution in [0.4, 0.5) is 26.3 Å². The van der Waals surface area contributed by atoms with Crippen molar-refractivity contribution in [2.75, 3.05) is 0 Å². The summed E-state index contributed by atoms with van der Waals surface area (Å²) in [6.07, 6.45) is -5.48. The Morgan fingerprint density at radius 2 is 1.56 bits per heavy atom. The maximum atomic E-state index is 13.5. The number of nitrogens with zero attached hydrogens (tertiary/aromatic N) is 2. The van der Waals surface area contributed by atoms with Crippen molar-refractivity contribution >= 4 is 49.3 Å². The summed E-state index contributed by atoms with van der Waals surface area (Å²) in [7, 11) is 0. The van der Waals surface area contributed by atoms with Crippen molar-refractivity contribution in [3.63, 3.8) is 0 Å². The van der Waals surface area contributed by atoms with Crippen molar-refractivity contribution in [2.45, 2.75) is 92.4 Å². The second-order valence-electron chi connectivity index (χ2n) is 14.7. The molecule has 0 atom stereocenters. The van der Waals surface area contributed by atoms with E-state index in [9.17, 15) is 31.1 Å². The van der Waals surface area contributed by atoms with Gasteiger partial charge in [0.2, 0.25) is 5.76 Å². The maximum absolute atomic E-state index is 13.5. The van der Waals surface area contributed by atoms with Crippen LogP contribution in [0, 0.1) is 17.4 Å². The first-order chi connectivity index (χ1) is 23.4. The van der Waals surface area contributed by atoms with E-state index in [4.69, 9.17) is 10.1 Å². The van der Waals surface area contributed by atoms with Crippen molar-refractivity contribution in [3.05, 3.63) is 82.8 Å². The van der Waals surface area contributed by atoms with E-state index >= 15 is 0 Å². The fraction of sp³-hybridized carbons (Fsp3) is 0.410. The number of rotatable bonds is 7. The summed E-state index contributed by atoms with van der Waals surface area (Å²) in [6.45, 7) is 16.3. The molecule has 283 valence electrons. The zero-order valence-corrected chi connectivity index (χ0v) is 34.3. The monoisotopic (exact) mass is 940 g/mol. The molecule has 0 aliphatic rings. The van der Waals surface area contributed by atoms with Gasteiger partial charge in [-0.15, -0.1) is 51.8 Å². The molecule has 13 heteroatoms. The van der Waals surface area contributed by atoms with Crippen LogP contribution >= 0.6 is 22.7 Å². The van der Waals surface area contributed by atoms with Crippen molar-refractivity contribution in [2.24, 2.45) is 11.3 Å². The van der Waals surface area contributed by atoms with Gasteiger partial charge in [-0.1, -0.05) is 91.5 Å². The summed E-state index contributed by atoms with van der Waals surface area (Å²) in [5.41, 5.74) is 2.35. The predicted molar refractivity (Wildman–Crippen MR) is 195 cm³/mol. The van der Waals surface area contributed by atoms with Gasteiger partial charge in [-0.3, -0.25) is 9.78 Å². The zero-order valence-electron chi connectivity index (χ0n) is 30.2. The summed E-state index contributed by atoms with van der Waals surface area (Å²) in [5, 5.41) is 12.2. The molecule has 5 rings (SSSR count). The number of aliphatic hydroxyl groups is 1. The number of thiophene rings is 1. The van der Waals surface area contributed by atoms with E-state index in [2.05, 4.69) is 76.0 Å². The molecule has 1 N–H and O–H groups in total. The summed E-state index contributed by atoms with van der Waals surface area (Å²) in [5.74, 6) is -2.92. The Bertz CT molecular complexity index is 2070. The smallest absolute Gasteiger partial charge is 0.448 e. The molecule has 3 aromatic heterocycles. The minimum Gasteiger partial charge on any atom is -0.504 e. The largest absolute Gasteiger partial charge is 0.504 e. The number of aromatic nitrogens is 2. The SMILES string of the molecule is CC(C)C(=O)/C=C(\O)C(F)(F)F.CC(C)c1c(-c2cnc(CC(C)(C)C(F)(F)F)s2)sc2c(-c3[c-]c4ccccc4c(C(C)(C)C)c3)nccc12.[Ir]. The molecule has 52 heavy (non-hydrogen) atoms. The topological polar surface area (TPSA) is 63.1 Å². The Balaban J connectivity index is 0.000000484. The molecular weight excluding hydrogens is 899 g/mol. The Morgan fingerprint density at radius 1 is 0.923 bits per heavy atom. The molecule has 3 heterocycles. The molecule has 0 saturated carbocycles. The van der Waals surface area contributed by atoms with Crippen LogP contribution in [0.2, 0.25) is 0 Å². The summed E-state index contributed by atoms with van der Waals surface area (Å²) in [4.78, 5) is 21.9. The molecule has 0 aliphatic carbocycles. The van der Waals surface area contributed by atoms with Crippen molar-refractivity contribution in [1.29, 1.82) is 0 Å². The molecule has 0 amide bonds. The first kappa shape index (κ1) is 43.3. The van der Waals surface area contributed by atoms with Gasteiger partial charge < -0.3 is 5.11 Å². The van der Waals surface area contributed by atoms with E-state index in [0.29, 0.717) is 5.01 Å². The molecule has 0 unspecified atom stereocenters. The molecule has 0 fully saturated rings. The normalized spacial score (nSPS) is 13.1. The van der Waals surface area contributed by atoms with Crippen LogP contribution < -0.4 is 0 Å². The number of carbonyl (C=O) groups excluding carboxylic acids is 1. The number of pyridine rings is 1. The first-order valence-corrected chi connectivity index (χ1v) is 18.0. The minimum absolute atomic E-state index is 0. The van der Waals surface area contributed by atoms with Gasteiger partial charge in [0.25, 0.3) is 0 Å². The summed E-state index contributed by atoms with van der Waals surface area (Å²) >= 11 is 3.00. The van der Waals surface area contributed by atoms with Crippen molar-refractivity contribution < 1.29 is 56.3 Å². The Morgan fingerprint density at radius 3 is 2.12 bits per heavy atom. The molecule has 0 saturated heterocycles. The van der Waals surface area contributed by atoms with Crippen LogP contribution in [0.5, 0.6) is 0 Å². The van der Waals surface area contributed by atoms with Crippen LogP contribution in [0.1, 0.15) is 84.4 Å². The molecule has 5 aromatic rings. The fourth-order valence-corrected chi connectivity index (χ4v) is 8.04. The van der Waals surface area contributed by atoms with Crippen LogP contribution in [0.25, 0.3) is 41.9 Å². The molecule has 0 spiro atoms. The summed E-state index contributed by atoms with van der Waals surface area (Å²) < 4.78 is 76.5. The third kappa shape index (κ3) is 9.70. The van der Waals surface area contributed by atoms with Gasteiger partial charge in [0.15, 0.2) is 5.78 Å². The number of ketones is 1. The third-order valence-electron chi connectivity index (χ3n) is 8.34. The third-order valence-corrected chi connectivity index (χ3v) is 10.7. The Kier molecular flexibility index (Phi) is 13.4. The Labute approximate surface area is 321 Å². The van der Waals surface area contributed by atoms with E-state index in [1.54, 1.807) is 17.5 Å². The average Bonchev–Trinajstić information content (AvgIpc) is 3.63. The zero-order chi connectivity index (χ0) is 38.3. The van der Waals surface area contributed by atoms with Gasteiger partial charge in [-0.05, 0) is 28.3 Å². The standard InChI is InChI=1S/C32H32F3N2S2.C7H9F3O2.Ir/c1-18(2)26-22-12-13-36-27(20-14-19-10-8-9-11-21(19)23(15-20)30(3,4)5)28(22)39-29(26)24-17-37-25(38-24)16-31(6,7)32(33,34)35;1-4(2)5(11)3-6(12)7(8,9)10;/h8-13,15,17-18H,16H2,1-7H3;3-4,12H,1-2H3;/q-1;;/b;6-3-;. The minimum atomic E-state index is -4.83. The number of hydrogen-bond donors (Lipinski definition) is 1. The number of aliphatic hydroxyl groups excluding tert-OH is 1. The van der Waals surface area contributed by atoms with E-state index < -0.39 is 35.2 Å². The Hall–Kier alpha value is -3.12. The number of benzene rings is 2. The van der Waals surface area contributed by atoms with E-state index in [0.717, 1.165) is 36.5 Å². The second kappa shape index (κ2) is 16.1. The van der Waals surface area contributed by atoms with Crippen LogP contribution in [-0.4, -0.2) is 33.2 Å². The number of carbonyl (C=O) groups is 1. The van der Waals surface area contributed by atoms with Crippen LogP contribution in [-0.2, 0) is 36.7 Å². The molecule has 0 aliphatic heterocycles. The van der Waals surface area contributed by atoms with Gasteiger partial charge in [0, 0.05) is 66.2 Å². The van der Waals surface area contributed by atoms with E-state index in [1.165, 1.54) is 55.5 Å². The van der Waals surface area contributed by atoms with Gasteiger partial charge in [0.1, 0.15) is 0 Å². The van der Waals surface area contributed by atoms with Gasteiger partial charge in [-0.25, -0.2) is 4.98 Å². The van der Waals surface area contributed by atoms with Crippen LogP contribution in [0.15, 0.2) is 60.6 Å². The second-order valence-corrected chi connectivity index (χ2v) is 16.8. The first-order valence-electron chi connectivity index (χ1n) is 16.3. The van der Waals surface area contributed by atoms with E-state index in [-0.39, 0.29) is 43.9 Å². The predicted octanol–water partition coefficient (Wildman–Crippen LogP) is 12.8. The average molecular weight is 940 g/mol. The number of halogens is 6. The molecular formula is C39H41F6IrN2O2S2-. The quantitative estimate of drug-likeness (QED) is 0.0764. The molecule has 2 aromatic carbocycles. The number of alkyl halides is 6. The maximum Gasteiger partial charge on any atom is 0.448 e. The summed E-state index contributed by atoms with van der Waals surface area (Å²) in [6, 6.07) is 16.2. The fourth-order valence-electron chi connectivity index (χ4n) is 5.33. The van der Waals surface area contributed by atoms with Crippen molar-refractivity contribution in [1.82, 2.24) is 9.97 Å². The van der Waals surface area contributed by atoms with Crippen LogP contribution in [0.3, 0.4) is 0 Å². The molecule has 0 bridgehead atoms. The van der Waals surface area contributed by atoms with Gasteiger partial charge >= 0.3 is 12.4 Å². The van der Waals surface area contributed by atoms with Gasteiger partial charge in [-0.2, -0.15) is 26.3 Å².